The van der Waals surface area contributed by atoms with E-state index in [2.05, 4.69) is 0 Å². The van der Waals surface area contributed by atoms with Gasteiger partial charge < -0.3 is 24.4 Å². The molecule has 9 heteroatoms. The Morgan fingerprint density at radius 2 is 1.51 bits per heavy atom. The molecule has 2 spiro atoms. The standard InChI is InChI=1S/C30H34F3NO5/c31-30(32,33)19-4-2-18(3-5-19)26-22-23(29(39-26)10-14-38-15-11-29)21-20(35)16-28(8-1-9-28)27(36)25(21)34-24(22)17-6-12-37-13-7-17/h2-5,17,20,26-27,35-36H,1,6-16H2/t20?,26-,27?/m1/s1. The summed E-state index contributed by atoms with van der Waals surface area (Å²) in [6.07, 6.45) is -0.737. The fourth-order valence-electron chi connectivity index (χ4n) is 7.73. The molecule has 2 aromatic rings. The second-order valence-electron chi connectivity index (χ2n) is 12.0. The third-order valence-electron chi connectivity index (χ3n) is 9.96. The van der Waals surface area contributed by atoms with Gasteiger partial charge in [0.05, 0.1) is 28.7 Å². The number of rotatable bonds is 2. The first-order chi connectivity index (χ1) is 18.7. The second kappa shape index (κ2) is 9.24. The average molecular weight is 546 g/mol. The third kappa shape index (κ3) is 3.99. The molecule has 1 aromatic carbocycles. The fraction of sp³-hybridized carbons (Fsp3) is 0.633. The van der Waals surface area contributed by atoms with Crippen molar-refractivity contribution in [2.45, 2.75) is 87.4 Å². The summed E-state index contributed by atoms with van der Waals surface area (Å²) in [5.74, 6) is 0.0666. The normalized spacial score (nSPS) is 29.7. The molecule has 2 aliphatic carbocycles. The molecule has 39 heavy (non-hydrogen) atoms. The van der Waals surface area contributed by atoms with E-state index in [1.807, 2.05) is 0 Å². The zero-order valence-corrected chi connectivity index (χ0v) is 21.8. The lowest BCUT2D eigenvalue weighted by atomic mass is 9.57. The molecule has 4 heterocycles. The van der Waals surface area contributed by atoms with Crippen molar-refractivity contribution in [3.05, 3.63) is 63.5 Å². The van der Waals surface area contributed by atoms with Gasteiger partial charge in [0.1, 0.15) is 12.2 Å². The van der Waals surface area contributed by atoms with E-state index in [-0.39, 0.29) is 11.3 Å². The Morgan fingerprint density at radius 3 is 2.13 bits per heavy atom. The largest absolute Gasteiger partial charge is 0.416 e. The number of aliphatic hydroxyl groups is 2. The molecule has 3 fully saturated rings. The van der Waals surface area contributed by atoms with Gasteiger partial charge in [-0.1, -0.05) is 18.6 Å². The molecular weight excluding hydrogens is 511 g/mol. The number of alkyl halides is 3. The monoisotopic (exact) mass is 545 g/mol. The zero-order valence-electron chi connectivity index (χ0n) is 21.8. The Kier molecular flexibility index (Phi) is 6.14. The van der Waals surface area contributed by atoms with Gasteiger partial charge in [0.2, 0.25) is 0 Å². The maximum atomic E-state index is 13.4. The van der Waals surface area contributed by atoms with Crippen LogP contribution in [0.2, 0.25) is 0 Å². The van der Waals surface area contributed by atoms with E-state index in [4.69, 9.17) is 19.2 Å². The zero-order chi connectivity index (χ0) is 27.0. The molecule has 6 nitrogen and oxygen atoms in total. The highest BCUT2D eigenvalue weighted by Gasteiger charge is 2.56. The summed E-state index contributed by atoms with van der Waals surface area (Å²) in [5.41, 5.74) is 2.63. The summed E-state index contributed by atoms with van der Waals surface area (Å²) in [5, 5.41) is 23.4. The van der Waals surface area contributed by atoms with Crippen LogP contribution in [0.5, 0.6) is 0 Å². The molecule has 2 unspecified atom stereocenters. The number of hydrogen-bond donors (Lipinski definition) is 2. The minimum Gasteiger partial charge on any atom is -0.388 e. The lowest BCUT2D eigenvalue weighted by Gasteiger charge is -2.51. The van der Waals surface area contributed by atoms with Gasteiger partial charge in [-0.25, -0.2) is 0 Å². The molecule has 5 aliphatic rings. The molecule has 2 N–H and O–H groups in total. The molecule has 3 aliphatic heterocycles. The molecule has 0 radical (unpaired) electrons. The first kappa shape index (κ1) is 25.9. The van der Waals surface area contributed by atoms with Crippen molar-refractivity contribution >= 4 is 0 Å². The Morgan fingerprint density at radius 1 is 0.846 bits per heavy atom. The van der Waals surface area contributed by atoms with Crippen molar-refractivity contribution in [3.8, 4) is 0 Å². The molecule has 0 bridgehead atoms. The minimum atomic E-state index is -4.43. The summed E-state index contributed by atoms with van der Waals surface area (Å²) in [6.45, 7) is 2.15. The summed E-state index contributed by atoms with van der Waals surface area (Å²) in [7, 11) is 0. The minimum absolute atomic E-state index is 0.0666. The van der Waals surface area contributed by atoms with E-state index in [9.17, 15) is 23.4 Å². The van der Waals surface area contributed by atoms with Crippen LogP contribution in [0.1, 0.15) is 115 Å². The molecule has 0 amide bonds. The predicted molar refractivity (Wildman–Crippen MR) is 134 cm³/mol. The van der Waals surface area contributed by atoms with Gasteiger partial charge in [-0.3, -0.25) is 4.98 Å². The van der Waals surface area contributed by atoms with Crippen LogP contribution >= 0.6 is 0 Å². The van der Waals surface area contributed by atoms with Gasteiger partial charge in [-0.05, 0) is 55.4 Å². The predicted octanol–water partition coefficient (Wildman–Crippen LogP) is 5.76. The molecule has 2 saturated heterocycles. The Hall–Kier alpha value is -2.04. The van der Waals surface area contributed by atoms with Crippen molar-refractivity contribution in [1.82, 2.24) is 4.98 Å². The molecule has 7 rings (SSSR count). The number of fused-ring (bicyclic) bond motifs is 4. The molecular formula is C30H34F3NO5. The van der Waals surface area contributed by atoms with E-state index < -0.39 is 35.7 Å². The summed E-state index contributed by atoms with van der Waals surface area (Å²) in [4.78, 5) is 5.17. The van der Waals surface area contributed by atoms with Gasteiger partial charge >= 0.3 is 6.18 Å². The fourth-order valence-corrected chi connectivity index (χ4v) is 7.73. The van der Waals surface area contributed by atoms with Crippen LogP contribution in [-0.4, -0.2) is 41.6 Å². The highest BCUT2D eigenvalue weighted by atomic mass is 19.4. The van der Waals surface area contributed by atoms with Gasteiger partial charge in [-0.15, -0.1) is 0 Å². The second-order valence-corrected chi connectivity index (χ2v) is 12.0. The van der Waals surface area contributed by atoms with Crippen LogP contribution in [0.3, 0.4) is 0 Å². The Labute approximate surface area is 225 Å². The van der Waals surface area contributed by atoms with Crippen LogP contribution in [-0.2, 0) is 26.0 Å². The summed E-state index contributed by atoms with van der Waals surface area (Å²) >= 11 is 0. The highest BCUT2D eigenvalue weighted by molar-refractivity contribution is 5.55. The molecule has 1 saturated carbocycles. The van der Waals surface area contributed by atoms with E-state index in [0.29, 0.717) is 62.5 Å². The first-order valence-corrected chi connectivity index (χ1v) is 14.2. The van der Waals surface area contributed by atoms with Crippen LogP contribution in [0.25, 0.3) is 0 Å². The Bertz CT molecular complexity index is 1250. The van der Waals surface area contributed by atoms with Crippen LogP contribution in [0.4, 0.5) is 13.2 Å². The van der Waals surface area contributed by atoms with Gasteiger partial charge in [0, 0.05) is 61.7 Å². The number of nitrogens with zero attached hydrogens (tertiary/aromatic N) is 1. The van der Waals surface area contributed by atoms with Gasteiger partial charge in [-0.2, -0.15) is 13.2 Å². The summed E-state index contributed by atoms with van der Waals surface area (Å²) < 4.78 is 58.4. The lowest BCUT2D eigenvalue weighted by molar-refractivity contribution is -0.137. The number of ether oxygens (including phenoxy) is 3. The van der Waals surface area contributed by atoms with Crippen molar-refractivity contribution in [2.75, 3.05) is 26.4 Å². The average Bonchev–Trinajstić information content (AvgIpc) is 3.23. The van der Waals surface area contributed by atoms with E-state index in [0.717, 1.165) is 61.1 Å². The van der Waals surface area contributed by atoms with E-state index in [1.165, 1.54) is 12.1 Å². The van der Waals surface area contributed by atoms with Gasteiger partial charge in [0.15, 0.2) is 0 Å². The lowest BCUT2D eigenvalue weighted by Crippen LogP contribution is -2.43. The Balaban J connectivity index is 1.45. The van der Waals surface area contributed by atoms with Crippen molar-refractivity contribution in [1.29, 1.82) is 0 Å². The van der Waals surface area contributed by atoms with Crippen molar-refractivity contribution < 1.29 is 37.6 Å². The maximum absolute atomic E-state index is 13.4. The van der Waals surface area contributed by atoms with Crippen molar-refractivity contribution in [3.63, 3.8) is 0 Å². The number of hydrogen-bond acceptors (Lipinski definition) is 6. The van der Waals surface area contributed by atoms with E-state index in [1.54, 1.807) is 0 Å². The molecule has 3 atom stereocenters. The summed E-state index contributed by atoms with van der Waals surface area (Å²) in [6, 6.07) is 5.20. The first-order valence-electron chi connectivity index (χ1n) is 14.2. The highest BCUT2D eigenvalue weighted by Crippen LogP contribution is 2.63. The quantitative estimate of drug-likeness (QED) is 0.500. The van der Waals surface area contributed by atoms with Crippen LogP contribution < -0.4 is 0 Å². The smallest absolute Gasteiger partial charge is 0.388 e. The number of pyridine rings is 1. The van der Waals surface area contributed by atoms with Crippen molar-refractivity contribution in [2.24, 2.45) is 5.41 Å². The van der Waals surface area contributed by atoms with Gasteiger partial charge in [0.25, 0.3) is 0 Å². The third-order valence-corrected chi connectivity index (χ3v) is 9.96. The SMILES string of the molecule is OC1CC2(CCC2)C(O)c2nc(C3CCOCC3)c3c(c21)C1(CCOCC1)O[C@@H]3c1ccc(C(F)(F)F)cc1. The van der Waals surface area contributed by atoms with Crippen LogP contribution in [0, 0.1) is 5.41 Å². The maximum Gasteiger partial charge on any atom is 0.416 e. The van der Waals surface area contributed by atoms with Crippen LogP contribution in [0.15, 0.2) is 24.3 Å². The van der Waals surface area contributed by atoms with E-state index >= 15 is 0 Å². The molecule has 1 aromatic heterocycles. The molecule has 210 valence electrons. The number of benzene rings is 1. The topological polar surface area (TPSA) is 81.0 Å². The number of halogens is 3. The number of aliphatic hydroxyl groups excluding tert-OH is 2. The number of aromatic nitrogens is 1.